The van der Waals surface area contributed by atoms with Gasteiger partial charge >= 0.3 is 0 Å². The lowest BCUT2D eigenvalue weighted by Crippen LogP contribution is -2.15. The summed E-state index contributed by atoms with van der Waals surface area (Å²) in [5, 5.41) is 4.60. The molecule has 2 rings (SSSR count). The first-order valence-corrected chi connectivity index (χ1v) is 9.80. The number of hydrogen-bond donors (Lipinski definition) is 1. The summed E-state index contributed by atoms with van der Waals surface area (Å²) >= 11 is 23.6. The van der Waals surface area contributed by atoms with Gasteiger partial charge in [0.25, 0.3) is 0 Å². The first-order valence-electron chi connectivity index (χ1n) is 8.29. The monoisotopic (exact) mass is 464 g/mol. The number of benzene rings is 1. The van der Waals surface area contributed by atoms with Gasteiger partial charge < -0.3 is 19.3 Å². The van der Waals surface area contributed by atoms with Crippen LogP contribution in [0.25, 0.3) is 0 Å². The molecular formula is C19H20Cl4N2O3. The van der Waals surface area contributed by atoms with Crippen LogP contribution in [0.15, 0.2) is 40.0 Å². The summed E-state index contributed by atoms with van der Waals surface area (Å²) in [6.07, 6.45) is 3.11. The van der Waals surface area contributed by atoms with E-state index in [-0.39, 0.29) is 23.3 Å². The predicted octanol–water partition coefficient (Wildman–Crippen LogP) is 6.75. The molecular weight excluding hydrogens is 446 g/mol. The maximum Gasteiger partial charge on any atom is 0.157 e. The van der Waals surface area contributed by atoms with Gasteiger partial charge in [0.15, 0.2) is 5.75 Å². The number of H-pyrrole nitrogens is 1. The Labute approximate surface area is 184 Å². The maximum atomic E-state index is 6.25. The average molecular weight is 466 g/mol. The number of halogens is 4. The smallest absolute Gasteiger partial charge is 0.157 e. The van der Waals surface area contributed by atoms with Crippen LogP contribution in [0.3, 0.4) is 0 Å². The fourth-order valence-corrected chi connectivity index (χ4v) is 2.67. The summed E-state index contributed by atoms with van der Waals surface area (Å²) in [4.78, 5) is 8.47. The van der Waals surface area contributed by atoms with Gasteiger partial charge in [0.2, 0.25) is 0 Å². The highest BCUT2D eigenvalue weighted by Gasteiger charge is 2.12. The van der Waals surface area contributed by atoms with Crippen LogP contribution in [0.2, 0.25) is 10.0 Å². The van der Waals surface area contributed by atoms with Crippen LogP contribution in [0.4, 0.5) is 0 Å². The minimum atomic E-state index is -0.342. The highest BCUT2D eigenvalue weighted by molar-refractivity contribution is 6.55. The van der Waals surface area contributed by atoms with E-state index in [1.54, 1.807) is 18.3 Å². The topological polar surface area (TPSA) is 55.8 Å². The van der Waals surface area contributed by atoms with Crippen molar-refractivity contribution in [2.45, 2.75) is 33.0 Å². The molecule has 1 aromatic heterocycles. The number of aromatic nitrogens is 1. The second-order valence-electron chi connectivity index (χ2n) is 6.69. The number of hydrogen-bond acceptors (Lipinski definition) is 4. The summed E-state index contributed by atoms with van der Waals surface area (Å²) in [7, 11) is 0. The van der Waals surface area contributed by atoms with Crippen molar-refractivity contribution < 1.29 is 14.3 Å². The zero-order chi connectivity index (χ0) is 20.7. The minimum absolute atomic E-state index is 0.123. The first kappa shape index (κ1) is 22.8. The van der Waals surface area contributed by atoms with E-state index < -0.39 is 0 Å². The molecule has 0 radical (unpaired) electrons. The van der Waals surface area contributed by atoms with Gasteiger partial charge in [-0.15, -0.1) is 0 Å². The van der Waals surface area contributed by atoms with E-state index in [1.165, 1.54) is 6.08 Å². The fraction of sp³-hybridized carbons (Fsp3) is 0.316. The number of nitrogens with zero attached hydrogens (tertiary/aromatic N) is 1. The van der Waals surface area contributed by atoms with Crippen molar-refractivity contribution in [3.63, 3.8) is 0 Å². The van der Waals surface area contributed by atoms with Gasteiger partial charge in [0, 0.05) is 12.1 Å². The number of ether oxygens (including phenoxy) is 2. The molecule has 0 amide bonds. The van der Waals surface area contributed by atoms with Crippen LogP contribution in [0.1, 0.15) is 32.2 Å². The molecule has 0 aliphatic carbocycles. The summed E-state index contributed by atoms with van der Waals surface area (Å²) in [5.74, 6) is 0.841. The summed E-state index contributed by atoms with van der Waals surface area (Å²) in [6, 6.07) is 6.95. The molecule has 0 aliphatic rings. The Hall–Kier alpha value is -1.53. The second-order valence-corrected chi connectivity index (χ2v) is 8.51. The van der Waals surface area contributed by atoms with Crippen molar-refractivity contribution in [1.82, 2.24) is 4.98 Å². The lowest BCUT2D eigenvalue weighted by Gasteiger charge is -2.14. The van der Waals surface area contributed by atoms with Gasteiger partial charge in [0.1, 0.15) is 29.1 Å². The number of aromatic amines is 1. The van der Waals surface area contributed by atoms with Crippen LogP contribution in [-0.2, 0) is 11.4 Å². The largest absolute Gasteiger partial charge is 0.489 e. The standard InChI is InChI=1S/C19H20Cl4N2O3/c1-19(2,3)28-24-10-12-4-5-13(25-12)11-27-18-15(20)8-14(9-16(18)21)26-7-6-17(22)23/h4-6,8-10,25H,7,11H2,1-3H3/b24-10+. The van der Waals surface area contributed by atoms with Crippen LogP contribution in [0, 0.1) is 0 Å². The second kappa shape index (κ2) is 10.3. The third-order valence-corrected chi connectivity index (χ3v) is 3.99. The van der Waals surface area contributed by atoms with Crippen molar-refractivity contribution in [2.75, 3.05) is 6.61 Å². The van der Waals surface area contributed by atoms with Crippen molar-refractivity contribution in [3.8, 4) is 11.5 Å². The summed E-state index contributed by atoms with van der Waals surface area (Å²) in [5.41, 5.74) is 1.27. The molecule has 1 aromatic carbocycles. The van der Waals surface area contributed by atoms with Crippen LogP contribution >= 0.6 is 46.4 Å². The van der Waals surface area contributed by atoms with Crippen molar-refractivity contribution in [1.29, 1.82) is 0 Å². The Bertz CT molecular complexity index is 830. The molecule has 0 atom stereocenters. The van der Waals surface area contributed by atoms with E-state index in [0.29, 0.717) is 21.5 Å². The molecule has 0 saturated carbocycles. The SMILES string of the molecule is CC(C)(C)O/N=C/c1ccc(COc2c(Cl)cc(OCC=C(Cl)Cl)cc2Cl)[nH]1. The molecule has 0 fully saturated rings. The van der Waals surface area contributed by atoms with Crippen LogP contribution in [-0.4, -0.2) is 23.4 Å². The zero-order valence-corrected chi connectivity index (χ0v) is 18.6. The molecule has 0 unspecified atom stereocenters. The minimum Gasteiger partial charge on any atom is -0.489 e. The number of nitrogens with one attached hydrogen (secondary N) is 1. The highest BCUT2D eigenvalue weighted by atomic mass is 35.5. The molecule has 5 nitrogen and oxygen atoms in total. The van der Waals surface area contributed by atoms with E-state index in [9.17, 15) is 0 Å². The Morgan fingerprint density at radius 2 is 1.79 bits per heavy atom. The summed E-state index contributed by atoms with van der Waals surface area (Å²) in [6.45, 7) is 6.21. The van der Waals surface area contributed by atoms with Crippen LogP contribution < -0.4 is 9.47 Å². The Balaban J connectivity index is 1.96. The number of rotatable bonds is 8. The van der Waals surface area contributed by atoms with Gasteiger partial charge in [-0.1, -0.05) is 51.6 Å². The van der Waals surface area contributed by atoms with Gasteiger partial charge in [-0.05, 0) is 39.0 Å². The van der Waals surface area contributed by atoms with Gasteiger partial charge in [-0.25, -0.2) is 0 Å². The van der Waals surface area contributed by atoms with Crippen molar-refractivity contribution in [3.05, 3.63) is 56.3 Å². The van der Waals surface area contributed by atoms with E-state index in [4.69, 9.17) is 60.7 Å². The molecule has 9 heteroatoms. The first-order chi connectivity index (χ1) is 13.1. The van der Waals surface area contributed by atoms with Gasteiger partial charge in [0.05, 0.1) is 27.6 Å². The van der Waals surface area contributed by atoms with E-state index in [1.807, 2.05) is 32.9 Å². The quantitative estimate of drug-likeness (QED) is 0.346. The fourth-order valence-electron chi connectivity index (χ4n) is 1.97. The Morgan fingerprint density at radius 3 is 2.39 bits per heavy atom. The Kier molecular flexibility index (Phi) is 8.38. The molecule has 0 spiro atoms. The molecule has 152 valence electrons. The van der Waals surface area contributed by atoms with Gasteiger partial charge in [-0.2, -0.15) is 0 Å². The molecule has 0 aliphatic heterocycles. The molecule has 2 aromatic rings. The molecule has 1 N–H and O–H groups in total. The molecule has 1 heterocycles. The number of oxime groups is 1. The zero-order valence-electron chi connectivity index (χ0n) is 15.6. The highest BCUT2D eigenvalue weighted by Crippen LogP contribution is 2.37. The van der Waals surface area contributed by atoms with E-state index >= 15 is 0 Å². The summed E-state index contributed by atoms with van der Waals surface area (Å²) < 4.78 is 11.3. The molecule has 0 bridgehead atoms. The van der Waals surface area contributed by atoms with E-state index in [2.05, 4.69) is 10.1 Å². The maximum absolute atomic E-state index is 6.25. The van der Waals surface area contributed by atoms with E-state index in [0.717, 1.165) is 11.4 Å². The third kappa shape index (κ3) is 7.84. The predicted molar refractivity (Wildman–Crippen MR) is 115 cm³/mol. The normalized spacial score (nSPS) is 11.5. The average Bonchev–Trinajstić information content (AvgIpc) is 3.00. The molecule has 28 heavy (non-hydrogen) atoms. The molecule has 0 saturated heterocycles. The van der Waals surface area contributed by atoms with Crippen molar-refractivity contribution >= 4 is 52.6 Å². The lowest BCUT2D eigenvalue weighted by atomic mass is 10.2. The van der Waals surface area contributed by atoms with Gasteiger partial charge in [-0.3, -0.25) is 0 Å². The third-order valence-electron chi connectivity index (χ3n) is 3.12. The van der Waals surface area contributed by atoms with Crippen molar-refractivity contribution in [2.24, 2.45) is 5.16 Å². The Morgan fingerprint density at radius 1 is 1.11 bits per heavy atom. The van der Waals surface area contributed by atoms with Crippen LogP contribution in [0.5, 0.6) is 11.5 Å². The lowest BCUT2D eigenvalue weighted by molar-refractivity contribution is 0.00196.